The van der Waals surface area contributed by atoms with E-state index in [1.807, 2.05) is 18.2 Å². The largest absolute Gasteiger partial charge is 0.208 e. The summed E-state index contributed by atoms with van der Waals surface area (Å²) in [6, 6.07) is 59.5. The Morgan fingerprint density at radius 3 is 1.52 bits per heavy atom. The lowest BCUT2D eigenvalue weighted by Crippen LogP contribution is -2.00. The number of benzene rings is 7. The topological polar surface area (TPSA) is 38.7 Å². The predicted molar refractivity (Wildman–Crippen MR) is 213 cm³/mol. The summed E-state index contributed by atoms with van der Waals surface area (Å²) in [5, 5.41) is 2.34. The Bertz CT molecular complexity index is 2600. The second kappa shape index (κ2) is 12.9. The maximum atomic E-state index is 5.19. The monoisotopic (exact) mass is 721 g/mol. The van der Waals surface area contributed by atoms with Crippen molar-refractivity contribution in [1.29, 1.82) is 0 Å². The highest BCUT2D eigenvalue weighted by Crippen LogP contribution is 2.41. The van der Waals surface area contributed by atoms with Crippen LogP contribution < -0.4 is 0 Å². The van der Waals surface area contributed by atoms with Crippen LogP contribution in [-0.2, 0) is 0 Å². The molecule has 7 aromatic carbocycles. The van der Waals surface area contributed by atoms with Crippen LogP contribution in [-0.4, -0.2) is 15.0 Å². The van der Waals surface area contributed by atoms with Crippen LogP contribution in [0, 0.1) is 0 Å². The van der Waals surface area contributed by atoms with Crippen molar-refractivity contribution in [2.24, 2.45) is 0 Å². The van der Waals surface area contributed by atoms with Gasteiger partial charge in [-0.1, -0.05) is 137 Å². The molecule has 0 saturated heterocycles. The Morgan fingerprint density at radius 2 is 0.860 bits per heavy atom. The van der Waals surface area contributed by atoms with Gasteiger partial charge in [0.15, 0.2) is 17.5 Å². The Hall–Kier alpha value is -5.75. The summed E-state index contributed by atoms with van der Waals surface area (Å²) >= 11 is 5.48. The van der Waals surface area contributed by atoms with E-state index in [2.05, 4.69) is 168 Å². The van der Waals surface area contributed by atoms with Gasteiger partial charge in [-0.2, -0.15) is 0 Å². The van der Waals surface area contributed by atoms with Crippen LogP contribution in [0.15, 0.2) is 174 Å². The van der Waals surface area contributed by atoms with E-state index in [0.717, 1.165) is 37.7 Å². The number of aromatic nitrogens is 3. The predicted octanol–water partition coefficient (Wildman–Crippen LogP) is 13.0. The summed E-state index contributed by atoms with van der Waals surface area (Å²) in [5.41, 5.74) is 9.79. The minimum atomic E-state index is 0.635. The van der Waals surface area contributed by atoms with E-state index >= 15 is 0 Å². The molecule has 9 rings (SSSR count). The molecule has 0 fully saturated rings. The van der Waals surface area contributed by atoms with Crippen LogP contribution in [0.25, 0.3) is 87.7 Å². The Labute approximate surface area is 302 Å². The number of hydrogen-bond acceptors (Lipinski definition) is 4. The first-order valence-electron chi connectivity index (χ1n) is 16.5. The lowest BCUT2D eigenvalue weighted by atomic mass is 9.93. The zero-order valence-corrected chi connectivity index (χ0v) is 29.2. The highest BCUT2D eigenvalue weighted by molar-refractivity contribution is 9.10. The molecule has 0 bridgehead atoms. The number of fused-ring (bicyclic) bond motifs is 3. The number of halogens is 1. The lowest BCUT2D eigenvalue weighted by Gasteiger charge is -2.13. The van der Waals surface area contributed by atoms with Gasteiger partial charge in [0.1, 0.15) is 0 Å². The first-order valence-corrected chi connectivity index (χ1v) is 18.1. The molecule has 2 aromatic heterocycles. The van der Waals surface area contributed by atoms with Crippen molar-refractivity contribution in [3.8, 4) is 67.5 Å². The van der Waals surface area contributed by atoms with E-state index in [1.54, 1.807) is 11.3 Å². The third-order valence-electron chi connectivity index (χ3n) is 8.97. The van der Waals surface area contributed by atoms with E-state index in [9.17, 15) is 0 Å². The molecule has 0 aliphatic carbocycles. The number of hydrogen-bond donors (Lipinski definition) is 0. The third kappa shape index (κ3) is 5.81. The molecule has 0 unspecified atom stereocenters. The quantitative estimate of drug-likeness (QED) is 0.172. The Balaban J connectivity index is 1.22. The van der Waals surface area contributed by atoms with E-state index < -0.39 is 0 Å². The van der Waals surface area contributed by atoms with Gasteiger partial charge < -0.3 is 0 Å². The second-order valence-corrected chi connectivity index (χ2v) is 14.2. The molecular formula is C45H28BrN3S. The lowest BCUT2D eigenvalue weighted by molar-refractivity contribution is 1.08. The Kier molecular flexibility index (Phi) is 7.84. The van der Waals surface area contributed by atoms with Crippen LogP contribution in [0.4, 0.5) is 0 Å². The normalized spacial score (nSPS) is 11.3. The van der Waals surface area contributed by atoms with E-state index in [0.29, 0.717) is 17.5 Å². The zero-order chi connectivity index (χ0) is 33.4. The first kappa shape index (κ1) is 30.3. The van der Waals surface area contributed by atoms with E-state index in [4.69, 9.17) is 15.0 Å². The smallest absolute Gasteiger partial charge is 0.164 e. The summed E-state index contributed by atoms with van der Waals surface area (Å²) in [4.78, 5) is 15.4. The second-order valence-electron chi connectivity index (χ2n) is 12.2. The molecule has 2 heterocycles. The van der Waals surface area contributed by atoms with Crippen LogP contribution >= 0.6 is 27.3 Å². The van der Waals surface area contributed by atoms with Crippen molar-refractivity contribution >= 4 is 47.4 Å². The van der Waals surface area contributed by atoms with Crippen LogP contribution in [0.5, 0.6) is 0 Å². The molecule has 0 atom stereocenters. The van der Waals surface area contributed by atoms with Crippen molar-refractivity contribution in [2.75, 3.05) is 0 Å². The summed E-state index contributed by atoms with van der Waals surface area (Å²) in [5.74, 6) is 1.93. The maximum absolute atomic E-state index is 5.19. The van der Waals surface area contributed by atoms with Crippen LogP contribution in [0.2, 0.25) is 0 Å². The van der Waals surface area contributed by atoms with Gasteiger partial charge in [0.25, 0.3) is 0 Å². The van der Waals surface area contributed by atoms with Gasteiger partial charge in [-0.3, -0.25) is 0 Å². The minimum absolute atomic E-state index is 0.635. The zero-order valence-electron chi connectivity index (χ0n) is 26.8. The van der Waals surface area contributed by atoms with Crippen molar-refractivity contribution in [2.45, 2.75) is 0 Å². The summed E-state index contributed by atoms with van der Waals surface area (Å²) in [7, 11) is 0. The minimum Gasteiger partial charge on any atom is -0.208 e. The number of rotatable bonds is 6. The van der Waals surface area contributed by atoms with E-state index in [1.165, 1.54) is 37.0 Å². The molecule has 0 radical (unpaired) electrons. The molecule has 236 valence electrons. The fraction of sp³-hybridized carbons (Fsp3) is 0. The maximum Gasteiger partial charge on any atom is 0.164 e. The molecule has 0 N–H and O–H groups in total. The average Bonchev–Trinajstić information content (AvgIpc) is 3.56. The molecule has 0 saturated carbocycles. The number of nitrogens with zero attached hydrogens (tertiary/aromatic N) is 3. The molecule has 9 aromatic rings. The molecule has 3 nitrogen and oxygen atoms in total. The fourth-order valence-corrected chi connectivity index (χ4v) is 8.03. The van der Waals surface area contributed by atoms with Gasteiger partial charge in [-0.25, -0.2) is 15.0 Å². The Morgan fingerprint density at radius 1 is 0.360 bits per heavy atom. The van der Waals surface area contributed by atoms with Gasteiger partial charge in [-0.05, 0) is 81.9 Å². The van der Waals surface area contributed by atoms with Gasteiger partial charge in [0.05, 0.1) is 0 Å². The van der Waals surface area contributed by atoms with Crippen molar-refractivity contribution in [3.05, 3.63) is 174 Å². The van der Waals surface area contributed by atoms with Gasteiger partial charge in [-0.15, -0.1) is 11.3 Å². The molecule has 0 aliphatic heterocycles. The SMILES string of the molecule is Brc1ccc2sc3cccc(-c4nc(-c5ccccc5)nc(-c5cccc(-c6cc(-c7ccccc7)cc(-c7ccccc7)c6)c5)n4)c3c2c1. The van der Waals surface area contributed by atoms with Gasteiger partial charge in [0.2, 0.25) is 0 Å². The van der Waals surface area contributed by atoms with Gasteiger partial charge >= 0.3 is 0 Å². The third-order valence-corrected chi connectivity index (χ3v) is 10.6. The average molecular weight is 723 g/mol. The summed E-state index contributed by atoms with van der Waals surface area (Å²) in [6.45, 7) is 0. The molecule has 0 spiro atoms. The van der Waals surface area contributed by atoms with E-state index in [-0.39, 0.29) is 0 Å². The standard InChI is InChI=1S/C45H28BrN3S/c46-37-22-23-40-39(28-37)42-38(20-11-21-41(42)50-40)45-48-43(31-16-8-3-9-17-31)47-44(49-45)33-19-10-18-32(24-33)36-26-34(29-12-4-1-5-13-29)25-35(27-36)30-14-6-2-7-15-30/h1-28H. The van der Waals surface area contributed by atoms with Crippen molar-refractivity contribution in [3.63, 3.8) is 0 Å². The van der Waals surface area contributed by atoms with Crippen LogP contribution in [0.1, 0.15) is 0 Å². The molecule has 0 amide bonds. The van der Waals surface area contributed by atoms with Gasteiger partial charge in [0, 0.05) is 41.3 Å². The fourth-order valence-electron chi connectivity index (χ4n) is 6.55. The van der Waals surface area contributed by atoms with Crippen molar-refractivity contribution < 1.29 is 0 Å². The summed E-state index contributed by atoms with van der Waals surface area (Å²) < 4.78 is 3.48. The highest BCUT2D eigenvalue weighted by Gasteiger charge is 2.18. The van der Waals surface area contributed by atoms with Crippen LogP contribution in [0.3, 0.4) is 0 Å². The molecular weight excluding hydrogens is 694 g/mol. The number of thiophene rings is 1. The molecule has 0 aliphatic rings. The van der Waals surface area contributed by atoms with Crippen molar-refractivity contribution in [1.82, 2.24) is 15.0 Å². The molecule has 50 heavy (non-hydrogen) atoms. The molecule has 5 heteroatoms. The summed E-state index contributed by atoms with van der Waals surface area (Å²) in [6.07, 6.45) is 0. The highest BCUT2D eigenvalue weighted by atomic mass is 79.9. The first-order chi connectivity index (χ1) is 24.7.